The summed E-state index contributed by atoms with van der Waals surface area (Å²) in [6, 6.07) is 14.8. The van der Waals surface area contributed by atoms with Crippen LogP contribution in [0.3, 0.4) is 0 Å². The standard InChI is InChI=1S/C22H24ClN3O3S2/c1-2-16-5-3-4-6-18(16)24-21(27)12-30-22-25-19-13-31(28,29)14-20(19)26(22)11-15-7-9-17(23)10-8-15/h3-10,19-20H,2,11-14H2,1H3,(H,24,27)/t19-,20-/m0/s1. The van der Waals surface area contributed by atoms with Gasteiger partial charge in [-0.05, 0) is 35.7 Å². The molecule has 2 heterocycles. The zero-order valence-corrected chi connectivity index (χ0v) is 19.5. The predicted molar refractivity (Wildman–Crippen MR) is 128 cm³/mol. The number of para-hydroxylation sites is 1. The molecular formula is C22H24ClN3O3S2. The Morgan fingerprint density at radius 3 is 2.68 bits per heavy atom. The molecule has 9 heteroatoms. The van der Waals surface area contributed by atoms with Gasteiger partial charge in [0.15, 0.2) is 15.0 Å². The quantitative estimate of drug-likeness (QED) is 0.687. The van der Waals surface area contributed by atoms with Crippen molar-refractivity contribution in [2.75, 3.05) is 22.6 Å². The van der Waals surface area contributed by atoms with Crippen LogP contribution >= 0.6 is 23.4 Å². The number of carbonyl (C=O) groups excluding carboxylic acids is 1. The largest absolute Gasteiger partial charge is 0.341 e. The Morgan fingerprint density at radius 1 is 1.19 bits per heavy atom. The molecule has 0 aliphatic carbocycles. The average Bonchev–Trinajstić information content (AvgIpc) is 3.20. The highest BCUT2D eigenvalue weighted by atomic mass is 35.5. The molecule has 2 aromatic carbocycles. The molecule has 6 nitrogen and oxygen atoms in total. The number of fused-ring (bicyclic) bond motifs is 1. The zero-order valence-electron chi connectivity index (χ0n) is 17.1. The van der Waals surface area contributed by atoms with Crippen LogP contribution in [0.5, 0.6) is 0 Å². The van der Waals surface area contributed by atoms with E-state index >= 15 is 0 Å². The Balaban J connectivity index is 1.46. The Kier molecular flexibility index (Phi) is 6.60. The first kappa shape index (κ1) is 22.2. The van der Waals surface area contributed by atoms with E-state index in [4.69, 9.17) is 11.6 Å². The summed E-state index contributed by atoms with van der Waals surface area (Å²) < 4.78 is 24.3. The first-order chi connectivity index (χ1) is 14.8. The Hall–Kier alpha value is -2.03. The minimum absolute atomic E-state index is 0.0644. The number of carbonyl (C=O) groups is 1. The van der Waals surface area contributed by atoms with E-state index in [-0.39, 0.29) is 35.2 Å². The Bertz CT molecular complexity index is 1100. The van der Waals surface area contributed by atoms with E-state index in [9.17, 15) is 13.2 Å². The van der Waals surface area contributed by atoms with E-state index in [1.807, 2.05) is 53.4 Å². The lowest BCUT2D eigenvalue weighted by Crippen LogP contribution is -2.38. The van der Waals surface area contributed by atoms with Gasteiger partial charge < -0.3 is 10.2 Å². The van der Waals surface area contributed by atoms with Crippen molar-refractivity contribution in [1.82, 2.24) is 4.90 Å². The summed E-state index contributed by atoms with van der Waals surface area (Å²) in [5, 5.41) is 4.35. The van der Waals surface area contributed by atoms with Crippen molar-refractivity contribution in [3.8, 4) is 0 Å². The van der Waals surface area contributed by atoms with Crippen LogP contribution < -0.4 is 5.32 Å². The highest BCUT2D eigenvalue weighted by molar-refractivity contribution is 8.14. The molecule has 1 saturated heterocycles. The van der Waals surface area contributed by atoms with Crippen LogP contribution in [0, 0.1) is 0 Å². The van der Waals surface area contributed by atoms with Gasteiger partial charge in [-0.1, -0.05) is 60.6 Å². The van der Waals surface area contributed by atoms with Gasteiger partial charge in [-0.25, -0.2) is 8.42 Å². The van der Waals surface area contributed by atoms with E-state index in [1.165, 1.54) is 11.8 Å². The van der Waals surface area contributed by atoms with Crippen molar-refractivity contribution in [3.05, 3.63) is 64.7 Å². The maximum Gasteiger partial charge on any atom is 0.234 e. The number of hydrogen-bond donors (Lipinski definition) is 1. The van der Waals surface area contributed by atoms with Crippen molar-refractivity contribution >= 4 is 50.0 Å². The van der Waals surface area contributed by atoms with Gasteiger partial charge >= 0.3 is 0 Å². The fourth-order valence-corrected chi connectivity index (χ4v) is 6.86. The molecule has 2 atom stereocenters. The van der Waals surface area contributed by atoms with Crippen molar-refractivity contribution in [1.29, 1.82) is 0 Å². The molecule has 164 valence electrons. The van der Waals surface area contributed by atoms with Crippen LogP contribution in [-0.2, 0) is 27.6 Å². The number of nitrogens with one attached hydrogen (secondary N) is 1. The molecule has 0 aromatic heterocycles. The molecule has 0 radical (unpaired) electrons. The van der Waals surface area contributed by atoms with E-state index < -0.39 is 9.84 Å². The lowest BCUT2D eigenvalue weighted by molar-refractivity contribution is -0.113. The summed E-state index contributed by atoms with van der Waals surface area (Å²) in [5.74, 6) is 0.258. The Morgan fingerprint density at radius 2 is 1.94 bits per heavy atom. The Labute approximate surface area is 192 Å². The summed E-state index contributed by atoms with van der Waals surface area (Å²) in [6.45, 7) is 2.58. The third kappa shape index (κ3) is 5.25. The topological polar surface area (TPSA) is 78.8 Å². The molecule has 0 spiro atoms. The summed E-state index contributed by atoms with van der Waals surface area (Å²) in [4.78, 5) is 19.3. The molecular weight excluding hydrogens is 454 g/mol. The molecule has 0 bridgehead atoms. The molecule has 2 aliphatic heterocycles. The SMILES string of the molecule is CCc1ccccc1NC(=O)CSC1=N[C@H]2CS(=O)(=O)C[C@@H]2N1Cc1ccc(Cl)cc1. The van der Waals surface area contributed by atoms with E-state index in [2.05, 4.69) is 17.2 Å². The highest BCUT2D eigenvalue weighted by Crippen LogP contribution is 2.32. The van der Waals surface area contributed by atoms with Gasteiger partial charge in [0.2, 0.25) is 5.91 Å². The molecule has 2 aliphatic rings. The van der Waals surface area contributed by atoms with Crippen LogP contribution in [0.4, 0.5) is 5.69 Å². The highest BCUT2D eigenvalue weighted by Gasteiger charge is 2.46. The number of halogens is 1. The molecule has 31 heavy (non-hydrogen) atoms. The van der Waals surface area contributed by atoms with Gasteiger partial charge in [-0.3, -0.25) is 9.79 Å². The number of aliphatic imine (C=N–C) groups is 1. The lowest BCUT2D eigenvalue weighted by atomic mass is 10.1. The fraction of sp³-hybridized carbons (Fsp3) is 0.364. The van der Waals surface area contributed by atoms with Gasteiger partial charge in [0.1, 0.15) is 0 Å². The number of amidine groups is 1. The molecule has 2 aromatic rings. The summed E-state index contributed by atoms with van der Waals surface area (Å²) in [7, 11) is -3.10. The molecule has 4 rings (SSSR count). The van der Waals surface area contributed by atoms with Crippen LogP contribution in [0.25, 0.3) is 0 Å². The minimum Gasteiger partial charge on any atom is -0.341 e. The van der Waals surface area contributed by atoms with Gasteiger partial charge in [-0.2, -0.15) is 0 Å². The number of sulfone groups is 1. The molecule has 1 amide bonds. The molecule has 0 unspecified atom stereocenters. The second kappa shape index (κ2) is 9.22. The second-order valence-corrected chi connectivity index (χ2v) is 11.3. The van der Waals surface area contributed by atoms with Crippen molar-refractivity contribution < 1.29 is 13.2 Å². The number of hydrogen-bond acceptors (Lipinski definition) is 6. The number of amides is 1. The number of aryl methyl sites for hydroxylation is 1. The van der Waals surface area contributed by atoms with Gasteiger partial charge in [-0.15, -0.1) is 0 Å². The summed E-state index contributed by atoms with van der Waals surface area (Å²) in [5.41, 5.74) is 2.93. The predicted octanol–water partition coefficient (Wildman–Crippen LogP) is 3.61. The van der Waals surface area contributed by atoms with Gasteiger partial charge in [0.25, 0.3) is 0 Å². The minimum atomic E-state index is -3.10. The number of nitrogens with zero attached hydrogens (tertiary/aromatic N) is 2. The van der Waals surface area contributed by atoms with Gasteiger partial charge in [0, 0.05) is 17.3 Å². The number of thioether (sulfide) groups is 1. The molecule has 1 fully saturated rings. The van der Waals surface area contributed by atoms with Crippen LogP contribution in [-0.4, -0.2) is 53.7 Å². The van der Waals surface area contributed by atoms with Crippen LogP contribution in [0.2, 0.25) is 5.02 Å². The third-order valence-corrected chi connectivity index (χ3v) is 8.44. The van der Waals surface area contributed by atoms with Crippen molar-refractivity contribution in [3.63, 3.8) is 0 Å². The number of benzene rings is 2. The normalized spacial score (nSPS) is 21.6. The van der Waals surface area contributed by atoms with Crippen molar-refractivity contribution in [2.24, 2.45) is 4.99 Å². The average molecular weight is 478 g/mol. The summed E-state index contributed by atoms with van der Waals surface area (Å²) in [6.07, 6.45) is 0.836. The first-order valence-electron chi connectivity index (χ1n) is 10.1. The maximum absolute atomic E-state index is 12.6. The summed E-state index contributed by atoms with van der Waals surface area (Å²) >= 11 is 7.35. The number of rotatable bonds is 6. The maximum atomic E-state index is 12.6. The zero-order chi connectivity index (χ0) is 22.0. The molecule has 1 N–H and O–H groups in total. The lowest BCUT2D eigenvalue weighted by Gasteiger charge is -2.26. The fourth-order valence-electron chi connectivity index (χ4n) is 3.95. The van der Waals surface area contributed by atoms with Crippen molar-refractivity contribution in [2.45, 2.75) is 32.0 Å². The van der Waals surface area contributed by atoms with E-state index in [0.29, 0.717) is 11.6 Å². The smallest absolute Gasteiger partial charge is 0.234 e. The van der Waals surface area contributed by atoms with Crippen LogP contribution in [0.15, 0.2) is 53.5 Å². The van der Waals surface area contributed by atoms with E-state index in [1.54, 1.807) is 0 Å². The molecule has 0 saturated carbocycles. The second-order valence-electron chi connectivity index (χ2n) is 7.73. The monoisotopic (exact) mass is 477 g/mol. The van der Waals surface area contributed by atoms with Crippen LogP contribution in [0.1, 0.15) is 18.1 Å². The number of anilines is 1. The first-order valence-corrected chi connectivity index (χ1v) is 13.3. The van der Waals surface area contributed by atoms with Gasteiger partial charge in [0.05, 0.1) is 29.3 Å². The van der Waals surface area contributed by atoms with E-state index in [0.717, 1.165) is 28.4 Å². The third-order valence-electron chi connectivity index (χ3n) is 5.49.